The monoisotopic (exact) mass is 449 g/mol. The molecule has 0 fully saturated rings. The first-order valence-electron chi connectivity index (χ1n) is 10.8. The third-order valence-corrected chi connectivity index (χ3v) is 5.91. The Labute approximate surface area is 192 Å². The average Bonchev–Trinajstić information content (AvgIpc) is 2.94. The highest BCUT2D eigenvalue weighted by molar-refractivity contribution is 6.04. The summed E-state index contributed by atoms with van der Waals surface area (Å²) in [6.07, 6.45) is 0.640. The number of anilines is 5. The Bertz CT molecular complexity index is 1150. The fourth-order valence-corrected chi connectivity index (χ4v) is 4.16. The average molecular weight is 450 g/mol. The highest BCUT2D eigenvalue weighted by Crippen LogP contribution is 2.35. The van der Waals surface area contributed by atoms with E-state index in [1.54, 1.807) is 29.2 Å². The molecule has 0 aliphatic carbocycles. The first-order valence-corrected chi connectivity index (χ1v) is 10.8. The van der Waals surface area contributed by atoms with E-state index in [-0.39, 0.29) is 36.2 Å². The van der Waals surface area contributed by atoms with Crippen molar-refractivity contribution in [2.75, 3.05) is 32.9 Å². The van der Waals surface area contributed by atoms with Crippen molar-refractivity contribution in [1.82, 2.24) is 0 Å². The zero-order valence-electron chi connectivity index (χ0n) is 19.0. The van der Waals surface area contributed by atoms with Gasteiger partial charge >= 0.3 is 0 Å². The van der Waals surface area contributed by atoms with Crippen LogP contribution >= 0.6 is 0 Å². The zero-order valence-corrected chi connectivity index (χ0v) is 19.0. The molecule has 0 saturated heterocycles. The molecule has 2 aromatic carbocycles. The molecule has 2 atom stereocenters. The minimum Gasteiger partial charge on any atom is -0.370 e. The smallest absolute Gasteiger partial charge is 0.226 e. The molecule has 2 aromatic rings. The van der Waals surface area contributed by atoms with Crippen LogP contribution in [-0.4, -0.2) is 36.9 Å². The van der Waals surface area contributed by atoms with Gasteiger partial charge in [0.05, 0.1) is 34.1 Å². The van der Waals surface area contributed by atoms with Gasteiger partial charge in [0.25, 0.3) is 0 Å². The first kappa shape index (κ1) is 22.3. The number of amides is 3. The SMILES string of the molecule is CC(=O)N1c2ccc(NN=Nc3ccc4c(c3)N(C)C(C)CC(=O)N4)cc2NC(=O)CC1C. The lowest BCUT2D eigenvalue weighted by Gasteiger charge is -2.26. The number of carbonyl (C=O) groups excluding carboxylic acids is 3. The minimum atomic E-state index is -0.235. The van der Waals surface area contributed by atoms with Gasteiger partial charge in [-0.1, -0.05) is 5.22 Å². The van der Waals surface area contributed by atoms with Gasteiger partial charge < -0.3 is 20.4 Å². The molecule has 0 bridgehead atoms. The van der Waals surface area contributed by atoms with Crippen LogP contribution in [-0.2, 0) is 14.4 Å². The molecule has 10 nitrogen and oxygen atoms in total. The summed E-state index contributed by atoms with van der Waals surface area (Å²) in [4.78, 5) is 40.0. The number of rotatable bonds is 3. The minimum absolute atomic E-state index is 0.0165. The lowest BCUT2D eigenvalue weighted by molar-refractivity contribution is -0.118. The van der Waals surface area contributed by atoms with Crippen LogP contribution in [0.3, 0.4) is 0 Å². The molecule has 2 aliphatic rings. The lowest BCUT2D eigenvalue weighted by Crippen LogP contribution is -2.37. The van der Waals surface area contributed by atoms with Gasteiger partial charge in [0.1, 0.15) is 0 Å². The third-order valence-electron chi connectivity index (χ3n) is 5.91. The molecule has 0 aromatic heterocycles. The number of fused-ring (bicyclic) bond motifs is 2. The van der Waals surface area contributed by atoms with E-state index in [1.165, 1.54) is 6.92 Å². The molecule has 2 aliphatic heterocycles. The van der Waals surface area contributed by atoms with Crippen molar-refractivity contribution >= 4 is 51.8 Å². The molecule has 0 radical (unpaired) electrons. The zero-order chi connectivity index (χ0) is 23.7. The largest absolute Gasteiger partial charge is 0.370 e. The van der Waals surface area contributed by atoms with Crippen LogP contribution in [0.25, 0.3) is 0 Å². The van der Waals surface area contributed by atoms with E-state index in [0.717, 1.165) is 11.4 Å². The van der Waals surface area contributed by atoms with Crippen molar-refractivity contribution in [2.45, 2.75) is 45.7 Å². The summed E-state index contributed by atoms with van der Waals surface area (Å²) in [6.45, 7) is 5.33. The van der Waals surface area contributed by atoms with E-state index in [9.17, 15) is 14.4 Å². The van der Waals surface area contributed by atoms with Gasteiger partial charge in [-0.05, 0) is 50.2 Å². The number of nitrogens with zero attached hydrogens (tertiary/aromatic N) is 4. The Morgan fingerprint density at radius 1 is 0.970 bits per heavy atom. The van der Waals surface area contributed by atoms with Crippen molar-refractivity contribution in [1.29, 1.82) is 0 Å². The van der Waals surface area contributed by atoms with Gasteiger partial charge in [-0.25, -0.2) is 0 Å². The fourth-order valence-electron chi connectivity index (χ4n) is 4.16. The molecular formula is C23H27N7O3. The highest BCUT2D eigenvalue weighted by atomic mass is 16.2. The molecular weight excluding hydrogens is 422 g/mol. The summed E-state index contributed by atoms with van der Waals surface area (Å²) < 4.78 is 0. The Morgan fingerprint density at radius 2 is 1.67 bits per heavy atom. The normalized spacial score (nSPS) is 20.4. The Balaban J connectivity index is 1.54. The predicted molar refractivity (Wildman–Crippen MR) is 128 cm³/mol. The Hall–Kier alpha value is -3.95. The number of nitrogens with one attached hydrogen (secondary N) is 3. The Kier molecular flexibility index (Phi) is 5.99. The maximum Gasteiger partial charge on any atom is 0.226 e. The van der Waals surface area contributed by atoms with Gasteiger partial charge in [-0.2, -0.15) is 0 Å². The number of carbonyl (C=O) groups is 3. The molecule has 0 spiro atoms. The van der Waals surface area contributed by atoms with Gasteiger partial charge in [0.2, 0.25) is 17.7 Å². The van der Waals surface area contributed by atoms with E-state index < -0.39 is 0 Å². The van der Waals surface area contributed by atoms with E-state index in [2.05, 4.69) is 26.4 Å². The van der Waals surface area contributed by atoms with Crippen molar-refractivity contribution in [3.63, 3.8) is 0 Å². The van der Waals surface area contributed by atoms with Crippen molar-refractivity contribution in [3.8, 4) is 0 Å². The fraction of sp³-hybridized carbons (Fsp3) is 0.348. The maximum atomic E-state index is 12.2. The molecule has 2 unspecified atom stereocenters. The van der Waals surface area contributed by atoms with Crippen molar-refractivity contribution < 1.29 is 14.4 Å². The summed E-state index contributed by atoms with van der Waals surface area (Å²) in [5, 5.41) is 14.1. The summed E-state index contributed by atoms with van der Waals surface area (Å²) in [5.41, 5.74) is 6.91. The van der Waals surface area contributed by atoms with Crippen LogP contribution in [0.15, 0.2) is 46.7 Å². The van der Waals surface area contributed by atoms with Gasteiger partial charge in [-0.3, -0.25) is 19.8 Å². The van der Waals surface area contributed by atoms with Crippen molar-refractivity contribution in [3.05, 3.63) is 36.4 Å². The summed E-state index contributed by atoms with van der Waals surface area (Å²) in [7, 11) is 1.94. The van der Waals surface area contributed by atoms with Gasteiger partial charge in [0.15, 0.2) is 0 Å². The van der Waals surface area contributed by atoms with E-state index in [0.29, 0.717) is 29.2 Å². The standard InChI is InChI=1S/C23H27N7O3/c1-13-9-22(32)24-18-7-5-17(12-21(18)29(13)4)27-28-26-16-6-8-20-19(11-16)25-23(33)10-14(2)30(20)15(3)31/h5-8,11-14H,9-10H2,1-4H3,(H,24,32)(H,25,33)(H,26,27). The summed E-state index contributed by atoms with van der Waals surface area (Å²) in [6, 6.07) is 10.6. The molecule has 3 N–H and O–H groups in total. The van der Waals surface area contributed by atoms with E-state index >= 15 is 0 Å². The molecule has 3 amide bonds. The molecule has 0 saturated carbocycles. The number of hydrogen-bond acceptors (Lipinski definition) is 6. The second-order valence-electron chi connectivity index (χ2n) is 8.45. The van der Waals surface area contributed by atoms with Crippen molar-refractivity contribution in [2.24, 2.45) is 10.3 Å². The van der Waals surface area contributed by atoms with Crippen LogP contribution in [0, 0.1) is 0 Å². The first-order chi connectivity index (χ1) is 15.7. The Morgan fingerprint density at radius 3 is 2.39 bits per heavy atom. The topological polar surface area (TPSA) is 118 Å². The highest BCUT2D eigenvalue weighted by Gasteiger charge is 2.28. The quantitative estimate of drug-likeness (QED) is 0.483. The van der Waals surface area contributed by atoms with Crippen LogP contribution in [0.4, 0.5) is 34.1 Å². The predicted octanol–water partition coefficient (Wildman–Crippen LogP) is 4.05. The second kappa shape index (κ2) is 8.89. The van der Waals surface area contributed by atoms with Crippen LogP contribution in [0.2, 0.25) is 0 Å². The van der Waals surface area contributed by atoms with Gasteiger partial charge in [0, 0.05) is 38.9 Å². The third kappa shape index (κ3) is 4.64. The van der Waals surface area contributed by atoms with Gasteiger partial charge in [-0.15, -0.1) is 5.11 Å². The number of benzene rings is 2. The maximum absolute atomic E-state index is 12.2. The molecule has 4 rings (SSSR count). The summed E-state index contributed by atoms with van der Waals surface area (Å²) >= 11 is 0. The van der Waals surface area contributed by atoms with Crippen LogP contribution in [0.5, 0.6) is 0 Å². The summed E-state index contributed by atoms with van der Waals surface area (Å²) in [5.74, 6) is -0.293. The molecule has 172 valence electrons. The lowest BCUT2D eigenvalue weighted by atomic mass is 10.1. The number of hydrogen-bond donors (Lipinski definition) is 3. The van der Waals surface area contributed by atoms with Crippen LogP contribution < -0.4 is 25.9 Å². The van der Waals surface area contributed by atoms with Crippen LogP contribution in [0.1, 0.15) is 33.6 Å². The molecule has 33 heavy (non-hydrogen) atoms. The molecule has 2 heterocycles. The van der Waals surface area contributed by atoms with E-state index in [1.807, 2.05) is 37.9 Å². The van der Waals surface area contributed by atoms with E-state index in [4.69, 9.17) is 0 Å². The second-order valence-corrected chi connectivity index (χ2v) is 8.45. The molecule has 10 heteroatoms.